The molecule has 2 rings (SSSR count). The lowest BCUT2D eigenvalue weighted by atomic mass is 10.1. The summed E-state index contributed by atoms with van der Waals surface area (Å²) in [6.07, 6.45) is -1.29. The maximum atomic E-state index is 13.3. The highest BCUT2D eigenvalue weighted by Gasteiger charge is 2.44. The number of aliphatic hydroxyl groups is 2. The van der Waals surface area contributed by atoms with Gasteiger partial charge in [0.25, 0.3) is 5.56 Å². The molecule has 1 aromatic rings. The van der Waals surface area contributed by atoms with E-state index in [4.69, 9.17) is 9.47 Å². The molecule has 1 aromatic heterocycles. The molecule has 0 aromatic carbocycles. The number of rotatable bonds is 7. The molecule has 3 N–H and O–H groups in total. The molecule has 1 aliphatic rings. The Hall–Kier alpha value is -1.55. The zero-order chi connectivity index (χ0) is 17.0. The Bertz CT molecular complexity index is 630. The van der Waals surface area contributed by atoms with E-state index in [9.17, 15) is 24.2 Å². The molecule has 0 amide bonds. The van der Waals surface area contributed by atoms with Crippen LogP contribution in [0, 0.1) is 5.82 Å². The van der Waals surface area contributed by atoms with Crippen LogP contribution >= 0.6 is 0 Å². The van der Waals surface area contributed by atoms with Gasteiger partial charge < -0.3 is 19.7 Å². The van der Waals surface area contributed by atoms with Crippen molar-refractivity contribution < 1.29 is 24.1 Å². The van der Waals surface area contributed by atoms with E-state index in [2.05, 4.69) is 6.92 Å². The summed E-state index contributed by atoms with van der Waals surface area (Å²) < 4.78 is 24.8. The molecule has 0 aliphatic carbocycles. The SMILES string of the molecule is CCCCCOC[C@@H]1O[C@H](n2cc(F)c(=O)[nH]c2=O)C(O)C1O. The third-order valence-electron chi connectivity index (χ3n) is 3.71. The van der Waals surface area contributed by atoms with Crippen molar-refractivity contribution in [2.75, 3.05) is 13.2 Å². The number of ether oxygens (including phenoxy) is 2. The standard InChI is InChI=1S/C14H21FN2O6/c1-2-3-4-5-22-7-9-10(18)11(19)13(23-9)17-6-8(15)12(20)16-14(17)21/h6,9-11,13,18-19H,2-5,7H2,1H3,(H,16,20,21)/t9-,10?,11?,13-/m0/s1. The summed E-state index contributed by atoms with van der Waals surface area (Å²) in [6, 6.07) is 0. The molecular weight excluding hydrogens is 311 g/mol. The van der Waals surface area contributed by atoms with Gasteiger partial charge in [0.05, 0.1) is 12.8 Å². The Morgan fingerprint density at radius 1 is 1.35 bits per heavy atom. The lowest BCUT2D eigenvalue weighted by Crippen LogP contribution is -2.38. The van der Waals surface area contributed by atoms with Crippen molar-refractivity contribution in [1.82, 2.24) is 9.55 Å². The van der Waals surface area contributed by atoms with Gasteiger partial charge >= 0.3 is 5.69 Å². The number of halogens is 1. The molecule has 130 valence electrons. The number of aromatic amines is 1. The topological polar surface area (TPSA) is 114 Å². The first-order chi connectivity index (χ1) is 11.0. The molecule has 2 heterocycles. The Morgan fingerprint density at radius 2 is 2.09 bits per heavy atom. The average molecular weight is 332 g/mol. The summed E-state index contributed by atoms with van der Waals surface area (Å²) in [4.78, 5) is 24.5. The van der Waals surface area contributed by atoms with Gasteiger partial charge in [-0.15, -0.1) is 0 Å². The highest BCUT2D eigenvalue weighted by molar-refractivity contribution is 4.94. The van der Waals surface area contributed by atoms with Crippen molar-refractivity contribution in [2.24, 2.45) is 0 Å². The molecule has 0 saturated carbocycles. The van der Waals surface area contributed by atoms with Crippen LogP contribution in [0.1, 0.15) is 32.4 Å². The summed E-state index contributed by atoms with van der Waals surface area (Å²) in [5, 5.41) is 20.0. The molecule has 23 heavy (non-hydrogen) atoms. The smallest absolute Gasteiger partial charge is 0.330 e. The summed E-state index contributed by atoms with van der Waals surface area (Å²) in [5.74, 6) is -1.19. The van der Waals surface area contributed by atoms with Crippen molar-refractivity contribution in [2.45, 2.75) is 50.7 Å². The van der Waals surface area contributed by atoms with E-state index in [1.165, 1.54) is 0 Å². The molecule has 1 saturated heterocycles. The highest BCUT2D eigenvalue weighted by atomic mass is 19.1. The predicted octanol–water partition coefficient (Wildman–Crippen LogP) is -0.498. The Kier molecular flexibility index (Phi) is 6.05. The molecule has 4 atom stereocenters. The summed E-state index contributed by atoms with van der Waals surface area (Å²) >= 11 is 0. The summed E-state index contributed by atoms with van der Waals surface area (Å²) in [7, 11) is 0. The Morgan fingerprint density at radius 3 is 2.78 bits per heavy atom. The first kappa shape index (κ1) is 17.8. The van der Waals surface area contributed by atoms with Gasteiger partial charge in [-0.3, -0.25) is 14.3 Å². The second kappa shape index (κ2) is 7.82. The van der Waals surface area contributed by atoms with Gasteiger partial charge in [0.15, 0.2) is 6.23 Å². The van der Waals surface area contributed by atoms with Crippen LogP contribution in [0.4, 0.5) is 4.39 Å². The molecule has 2 unspecified atom stereocenters. The maximum Gasteiger partial charge on any atom is 0.330 e. The minimum atomic E-state index is -1.44. The highest BCUT2D eigenvalue weighted by Crippen LogP contribution is 2.28. The molecule has 1 fully saturated rings. The maximum absolute atomic E-state index is 13.3. The fraction of sp³-hybridized carbons (Fsp3) is 0.714. The van der Waals surface area contributed by atoms with E-state index in [1.54, 1.807) is 4.98 Å². The Labute approximate surface area is 131 Å². The number of H-pyrrole nitrogens is 1. The molecule has 8 nitrogen and oxygen atoms in total. The van der Waals surface area contributed by atoms with Crippen molar-refractivity contribution in [3.63, 3.8) is 0 Å². The van der Waals surface area contributed by atoms with E-state index in [1.807, 2.05) is 0 Å². The zero-order valence-electron chi connectivity index (χ0n) is 12.8. The van der Waals surface area contributed by atoms with Gasteiger partial charge in [-0.1, -0.05) is 19.8 Å². The first-order valence-electron chi connectivity index (χ1n) is 7.56. The van der Waals surface area contributed by atoms with Crippen molar-refractivity contribution in [3.05, 3.63) is 32.9 Å². The van der Waals surface area contributed by atoms with E-state index in [-0.39, 0.29) is 6.61 Å². The quantitative estimate of drug-likeness (QED) is 0.580. The number of nitrogens with zero attached hydrogens (tertiary/aromatic N) is 1. The Balaban J connectivity index is 2.03. The number of hydrogen-bond donors (Lipinski definition) is 3. The monoisotopic (exact) mass is 332 g/mol. The van der Waals surface area contributed by atoms with E-state index >= 15 is 0 Å². The van der Waals surface area contributed by atoms with Crippen LogP contribution in [0.5, 0.6) is 0 Å². The predicted molar refractivity (Wildman–Crippen MR) is 77.5 cm³/mol. The van der Waals surface area contributed by atoms with Gasteiger partial charge in [-0.25, -0.2) is 4.79 Å². The number of aliphatic hydroxyl groups excluding tert-OH is 2. The minimum absolute atomic E-state index is 0.0407. The van der Waals surface area contributed by atoms with E-state index in [0.29, 0.717) is 17.4 Å². The normalized spacial score (nSPS) is 27.5. The average Bonchev–Trinajstić information content (AvgIpc) is 2.79. The molecule has 9 heteroatoms. The largest absolute Gasteiger partial charge is 0.387 e. The van der Waals surface area contributed by atoms with Gasteiger partial charge in [-0.05, 0) is 6.42 Å². The first-order valence-corrected chi connectivity index (χ1v) is 7.56. The van der Waals surface area contributed by atoms with Crippen LogP contribution < -0.4 is 11.2 Å². The van der Waals surface area contributed by atoms with Crippen molar-refractivity contribution >= 4 is 0 Å². The summed E-state index contributed by atoms with van der Waals surface area (Å²) in [5.41, 5.74) is -2.09. The van der Waals surface area contributed by atoms with E-state index < -0.39 is 41.6 Å². The second-order valence-corrected chi connectivity index (χ2v) is 5.47. The second-order valence-electron chi connectivity index (χ2n) is 5.47. The lowest BCUT2D eigenvalue weighted by Gasteiger charge is -2.16. The van der Waals surface area contributed by atoms with Gasteiger partial charge in [0.2, 0.25) is 5.82 Å². The minimum Gasteiger partial charge on any atom is -0.387 e. The van der Waals surface area contributed by atoms with Crippen LogP contribution in [0.3, 0.4) is 0 Å². The molecule has 0 bridgehead atoms. The molecule has 0 spiro atoms. The van der Waals surface area contributed by atoms with E-state index in [0.717, 1.165) is 19.3 Å². The van der Waals surface area contributed by atoms with Gasteiger partial charge in [0, 0.05) is 6.61 Å². The van der Waals surface area contributed by atoms with Crippen LogP contribution in [0.15, 0.2) is 15.8 Å². The molecule has 1 aliphatic heterocycles. The molecular formula is C14H21FN2O6. The number of unbranched alkanes of at least 4 members (excludes halogenated alkanes) is 2. The van der Waals surface area contributed by atoms with Crippen molar-refractivity contribution in [3.8, 4) is 0 Å². The van der Waals surface area contributed by atoms with Gasteiger partial charge in [-0.2, -0.15) is 4.39 Å². The lowest BCUT2D eigenvalue weighted by molar-refractivity contribution is -0.0689. The fourth-order valence-electron chi connectivity index (χ4n) is 2.40. The van der Waals surface area contributed by atoms with Crippen LogP contribution in [0.25, 0.3) is 0 Å². The van der Waals surface area contributed by atoms with Crippen molar-refractivity contribution in [1.29, 1.82) is 0 Å². The summed E-state index contributed by atoms with van der Waals surface area (Å²) in [6.45, 7) is 2.60. The third-order valence-corrected chi connectivity index (χ3v) is 3.71. The number of hydrogen-bond acceptors (Lipinski definition) is 6. The molecule has 0 radical (unpaired) electrons. The van der Waals surface area contributed by atoms with Crippen LogP contribution in [-0.4, -0.2) is 51.3 Å². The van der Waals surface area contributed by atoms with Gasteiger partial charge in [0.1, 0.15) is 18.3 Å². The number of aromatic nitrogens is 2. The third kappa shape index (κ3) is 4.05. The van der Waals surface area contributed by atoms with Crippen LogP contribution in [-0.2, 0) is 9.47 Å². The van der Waals surface area contributed by atoms with Crippen LogP contribution in [0.2, 0.25) is 0 Å². The zero-order valence-corrected chi connectivity index (χ0v) is 12.8. The fourth-order valence-corrected chi connectivity index (χ4v) is 2.40. The number of nitrogens with one attached hydrogen (secondary N) is 1.